The van der Waals surface area contributed by atoms with Gasteiger partial charge in [-0.25, -0.2) is 4.98 Å². The summed E-state index contributed by atoms with van der Waals surface area (Å²) in [6, 6.07) is 4.19. The molecule has 1 saturated heterocycles. The van der Waals surface area contributed by atoms with Crippen LogP contribution < -0.4 is 5.73 Å². The van der Waals surface area contributed by atoms with E-state index in [9.17, 15) is 0 Å². The lowest BCUT2D eigenvalue weighted by molar-refractivity contribution is 0.191. The zero-order chi connectivity index (χ0) is 13.9. The Bertz CT molecular complexity index is 567. The lowest BCUT2D eigenvalue weighted by Crippen LogP contribution is -2.34. The summed E-state index contributed by atoms with van der Waals surface area (Å²) < 4.78 is 2.22. The fourth-order valence-corrected chi connectivity index (χ4v) is 3.12. The summed E-state index contributed by atoms with van der Waals surface area (Å²) in [5.41, 5.74) is 8.07. The average molecular weight is 272 g/mol. The molecule has 1 aliphatic rings. The summed E-state index contributed by atoms with van der Waals surface area (Å²) in [5, 5.41) is 0. The Morgan fingerprint density at radius 2 is 2.10 bits per heavy atom. The smallest absolute Gasteiger partial charge is 0.113 e. The van der Waals surface area contributed by atoms with Gasteiger partial charge in [0.25, 0.3) is 0 Å². The number of nitrogens with two attached hydrogens (primary N) is 1. The number of rotatable bonds is 4. The lowest BCUT2D eigenvalue weighted by Gasteiger charge is -2.30. The molecule has 2 aromatic rings. The van der Waals surface area contributed by atoms with Crippen molar-refractivity contribution in [2.45, 2.75) is 32.7 Å². The van der Waals surface area contributed by atoms with Gasteiger partial charge in [-0.15, -0.1) is 0 Å². The van der Waals surface area contributed by atoms with E-state index in [1.165, 1.54) is 43.8 Å². The van der Waals surface area contributed by atoms with Crippen molar-refractivity contribution in [3.8, 4) is 0 Å². The van der Waals surface area contributed by atoms with E-state index in [0.29, 0.717) is 6.54 Å². The van der Waals surface area contributed by atoms with Crippen LogP contribution in [-0.4, -0.2) is 33.9 Å². The van der Waals surface area contributed by atoms with Gasteiger partial charge in [-0.3, -0.25) is 0 Å². The van der Waals surface area contributed by atoms with E-state index in [0.717, 1.165) is 17.9 Å². The molecule has 3 heterocycles. The van der Waals surface area contributed by atoms with Crippen molar-refractivity contribution in [1.29, 1.82) is 0 Å². The number of imidazole rings is 1. The number of hydrogen-bond acceptors (Lipinski definition) is 3. The molecule has 0 radical (unpaired) electrons. The van der Waals surface area contributed by atoms with Gasteiger partial charge >= 0.3 is 0 Å². The molecule has 2 aromatic heterocycles. The van der Waals surface area contributed by atoms with Crippen molar-refractivity contribution in [1.82, 2.24) is 14.3 Å². The SMILES string of the molecule is CCN1CCC(Cc2ncc3ccc(CN)cn23)CC1. The molecular weight excluding hydrogens is 248 g/mol. The fourth-order valence-electron chi connectivity index (χ4n) is 3.12. The number of hydrogen-bond donors (Lipinski definition) is 1. The minimum Gasteiger partial charge on any atom is -0.326 e. The Labute approximate surface area is 120 Å². The van der Waals surface area contributed by atoms with E-state index in [1.807, 2.05) is 6.20 Å². The Morgan fingerprint density at radius 3 is 2.80 bits per heavy atom. The van der Waals surface area contributed by atoms with Gasteiger partial charge in [-0.2, -0.15) is 0 Å². The molecule has 0 spiro atoms. The molecule has 2 N–H and O–H groups in total. The maximum atomic E-state index is 5.74. The Kier molecular flexibility index (Phi) is 4.03. The largest absolute Gasteiger partial charge is 0.326 e. The molecule has 0 unspecified atom stereocenters. The number of nitrogens with zero attached hydrogens (tertiary/aromatic N) is 3. The quantitative estimate of drug-likeness (QED) is 0.927. The van der Waals surface area contributed by atoms with Crippen LogP contribution in [0.5, 0.6) is 0 Å². The van der Waals surface area contributed by atoms with Gasteiger partial charge < -0.3 is 15.0 Å². The van der Waals surface area contributed by atoms with Crippen molar-refractivity contribution in [2.24, 2.45) is 11.7 Å². The predicted octanol–water partition coefficient (Wildman–Crippen LogP) is 2.07. The molecule has 0 amide bonds. The Morgan fingerprint density at radius 1 is 1.30 bits per heavy atom. The highest BCUT2D eigenvalue weighted by atomic mass is 15.1. The van der Waals surface area contributed by atoms with Gasteiger partial charge in [0.1, 0.15) is 5.82 Å². The zero-order valence-corrected chi connectivity index (χ0v) is 12.3. The number of likely N-dealkylation sites (tertiary alicyclic amines) is 1. The van der Waals surface area contributed by atoms with Crippen LogP contribution in [0, 0.1) is 5.92 Å². The monoisotopic (exact) mass is 272 g/mol. The highest BCUT2D eigenvalue weighted by Crippen LogP contribution is 2.21. The molecule has 0 aromatic carbocycles. The summed E-state index contributed by atoms with van der Waals surface area (Å²) in [6.07, 6.45) is 7.77. The van der Waals surface area contributed by atoms with E-state index in [2.05, 4.69) is 39.5 Å². The summed E-state index contributed by atoms with van der Waals surface area (Å²) >= 11 is 0. The fraction of sp³-hybridized carbons (Fsp3) is 0.562. The third-order valence-corrected chi connectivity index (χ3v) is 4.53. The van der Waals surface area contributed by atoms with E-state index >= 15 is 0 Å². The third kappa shape index (κ3) is 2.72. The maximum absolute atomic E-state index is 5.74. The van der Waals surface area contributed by atoms with Crippen molar-refractivity contribution in [3.63, 3.8) is 0 Å². The van der Waals surface area contributed by atoms with Crippen molar-refractivity contribution < 1.29 is 0 Å². The summed E-state index contributed by atoms with van der Waals surface area (Å²) in [7, 11) is 0. The second-order valence-corrected chi connectivity index (χ2v) is 5.79. The van der Waals surface area contributed by atoms with Crippen LogP contribution in [0.25, 0.3) is 5.52 Å². The first-order valence-corrected chi connectivity index (χ1v) is 7.67. The van der Waals surface area contributed by atoms with Gasteiger partial charge in [0.2, 0.25) is 0 Å². The second-order valence-electron chi connectivity index (χ2n) is 5.79. The number of pyridine rings is 1. The first-order valence-electron chi connectivity index (χ1n) is 7.67. The van der Waals surface area contributed by atoms with Crippen LogP contribution in [-0.2, 0) is 13.0 Å². The highest BCUT2D eigenvalue weighted by Gasteiger charge is 2.20. The van der Waals surface area contributed by atoms with Crippen LogP contribution in [0.3, 0.4) is 0 Å². The Balaban J connectivity index is 1.74. The molecule has 1 aliphatic heterocycles. The standard InChI is InChI=1S/C16H24N4/c1-2-19-7-5-13(6-8-19)9-16-18-11-15-4-3-14(10-17)12-20(15)16/h3-4,11-13H,2,5-10,17H2,1H3. The topological polar surface area (TPSA) is 46.6 Å². The molecule has 3 rings (SSSR count). The molecule has 20 heavy (non-hydrogen) atoms. The molecule has 4 nitrogen and oxygen atoms in total. The first-order chi connectivity index (χ1) is 9.80. The van der Waals surface area contributed by atoms with Crippen LogP contribution in [0.2, 0.25) is 0 Å². The van der Waals surface area contributed by atoms with E-state index in [1.54, 1.807) is 0 Å². The van der Waals surface area contributed by atoms with Crippen LogP contribution in [0.1, 0.15) is 31.2 Å². The van der Waals surface area contributed by atoms with Gasteiger partial charge in [0.05, 0.1) is 11.7 Å². The first kappa shape index (κ1) is 13.6. The lowest BCUT2D eigenvalue weighted by atomic mass is 9.93. The summed E-state index contributed by atoms with van der Waals surface area (Å²) in [5.74, 6) is 1.95. The van der Waals surface area contributed by atoms with Crippen molar-refractivity contribution >= 4 is 5.52 Å². The normalized spacial score (nSPS) is 17.9. The van der Waals surface area contributed by atoms with Crippen molar-refractivity contribution in [2.75, 3.05) is 19.6 Å². The van der Waals surface area contributed by atoms with Crippen LogP contribution in [0.4, 0.5) is 0 Å². The van der Waals surface area contributed by atoms with Gasteiger partial charge in [-0.1, -0.05) is 13.0 Å². The molecule has 0 atom stereocenters. The average Bonchev–Trinajstić information content (AvgIpc) is 2.90. The minimum atomic E-state index is 0.586. The second kappa shape index (κ2) is 5.94. The minimum absolute atomic E-state index is 0.586. The number of fused-ring (bicyclic) bond motifs is 1. The van der Waals surface area contributed by atoms with E-state index in [4.69, 9.17) is 5.73 Å². The number of piperidine rings is 1. The molecular formula is C16H24N4. The summed E-state index contributed by atoms with van der Waals surface area (Å²) in [4.78, 5) is 7.15. The van der Waals surface area contributed by atoms with E-state index < -0.39 is 0 Å². The molecule has 0 bridgehead atoms. The third-order valence-electron chi connectivity index (χ3n) is 4.53. The summed E-state index contributed by atoms with van der Waals surface area (Å²) in [6.45, 7) is 6.48. The van der Waals surface area contributed by atoms with E-state index in [-0.39, 0.29) is 0 Å². The van der Waals surface area contributed by atoms with Gasteiger partial charge in [0, 0.05) is 19.2 Å². The Hall–Kier alpha value is -1.39. The molecule has 0 saturated carbocycles. The van der Waals surface area contributed by atoms with Crippen LogP contribution >= 0.6 is 0 Å². The maximum Gasteiger partial charge on any atom is 0.113 e. The zero-order valence-electron chi connectivity index (χ0n) is 12.3. The van der Waals surface area contributed by atoms with Crippen LogP contribution in [0.15, 0.2) is 24.5 Å². The molecule has 108 valence electrons. The molecule has 0 aliphatic carbocycles. The predicted molar refractivity (Wildman–Crippen MR) is 81.6 cm³/mol. The molecule has 4 heteroatoms. The van der Waals surface area contributed by atoms with Gasteiger partial charge in [0.15, 0.2) is 0 Å². The number of aromatic nitrogens is 2. The van der Waals surface area contributed by atoms with Gasteiger partial charge in [-0.05, 0) is 50.0 Å². The van der Waals surface area contributed by atoms with Crippen molar-refractivity contribution in [3.05, 3.63) is 35.9 Å². The molecule has 1 fully saturated rings. The highest BCUT2D eigenvalue weighted by molar-refractivity contribution is 5.47.